The van der Waals surface area contributed by atoms with Gasteiger partial charge in [0.25, 0.3) is 11.8 Å². The third-order valence-electron chi connectivity index (χ3n) is 10.5. The first-order chi connectivity index (χ1) is 25.9. The average molecular weight is 687 g/mol. The highest BCUT2D eigenvalue weighted by Crippen LogP contribution is 2.56. The zero-order chi connectivity index (χ0) is 36.1. The van der Waals surface area contributed by atoms with Crippen molar-refractivity contribution in [1.82, 2.24) is 0 Å². The molecule has 0 bridgehead atoms. The van der Waals surface area contributed by atoms with Crippen LogP contribution < -0.4 is 22.1 Å². The summed E-state index contributed by atoms with van der Waals surface area (Å²) in [7, 11) is 0. The molecule has 6 N–H and O–H groups in total. The molecular weight excluding hydrogens is 653 g/mol. The van der Waals surface area contributed by atoms with Crippen LogP contribution in [0.4, 0.5) is 22.7 Å². The molecule has 9 rings (SSSR count). The molecule has 0 aliphatic heterocycles. The molecule has 1 aliphatic rings. The number of hydrogen-bond acceptors (Lipinski definition) is 4. The zero-order valence-corrected chi connectivity index (χ0v) is 28.6. The first kappa shape index (κ1) is 31.8. The first-order valence-electron chi connectivity index (χ1n) is 17.5. The average Bonchev–Trinajstić information content (AvgIpc) is 3.49. The van der Waals surface area contributed by atoms with Gasteiger partial charge in [-0.1, -0.05) is 133 Å². The lowest BCUT2D eigenvalue weighted by Crippen LogP contribution is -2.28. The van der Waals surface area contributed by atoms with Gasteiger partial charge in [-0.25, -0.2) is 0 Å². The smallest absolute Gasteiger partial charge is 0.258 e. The highest BCUT2D eigenvalue weighted by atomic mass is 16.2. The Labute approximate surface area is 306 Å². The van der Waals surface area contributed by atoms with Gasteiger partial charge in [0.1, 0.15) is 0 Å². The zero-order valence-electron chi connectivity index (χ0n) is 28.6. The number of anilines is 4. The lowest BCUT2D eigenvalue weighted by Gasteiger charge is -2.34. The molecule has 0 atom stereocenters. The van der Waals surface area contributed by atoms with Gasteiger partial charge in [-0.15, -0.1) is 0 Å². The molecule has 8 aromatic carbocycles. The van der Waals surface area contributed by atoms with Crippen LogP contribution >= 0.6 is 0 Å². The number of nitrogen functional groups attached to an aromatic ring is 2. The Balaban J connectivity index is 1.10. The highest BCUT2D eigenvalue weighted by molar-refractivity contribution is 6.17. The Morgan fingerprint density at radius 3 is 1.23 bits per heavy atom. The highest BCUT2D eigenvalue weighted by Gasteiger charge is 2.45. The second-order valence-corrected chi connectivity index (χ2v) is 13.4. The van der Waals surface area contributed by atoms with Crippen LogP contribution in [0.25, 0.3) is 32.7 Å². The van der Waals surface area contributed by atoms with E-state index < -0.39 is 5.41 Å². The third kappa shape index (κ3) is 5.11. The third-order valence-corrected chi connectivity index (χ3v) is 10.5. The predicted molar refractivity (Wildman–Crippen MR) is 216 cm³/mol. The van der Waals surface area contributed by atoms with Crippen LogP contribution in [0.15, 0.2) is 170 Å². The van der Waals surface area contributed by atoms with Gasteiger partial charge in [-0.3, -0.25) is 9.59 Å². The van der Waals surface area contributed by atoms with Crippen molar-refractivity contribution < 1.29 is 9.59 Å². The number of nitrogens with two attached hydrogens (primary N) is 2. The molecule has 0 heterocycles. The summed E-state index contributed by atoms with van der Waals surface area (Å²) in [5.41, 5.74) is 21.8. The molecular formula is C47H34N4O2. The van der Waals surface area contributed by atoms with Crippen LogP contribution in [0.3, 0.4) is 0 Å². The van der Waals surface area contributed by atoms with E-state index in [2.05, 4.69) is 83.4 Å². The number of hydrogen-bond donors (Lipinski definition) is 4. The van der Waals surface area contributed by atoms with Crippen molar-refractivity contribution in [3.05, 3.63) is 203 Å². The van der Waals surface area contributed by atoms with Crippen LogP contribution in [0.5, 0.6) is 0 Å². The minimum atomic E-state index is -0.668. The van der Waals surface area contributed by atoms with E-state index in [-0.39, 0.29) is 11.8 Å². The van der Waals surface area contributed by atoms with Gasteiger partial charge in [0.15, 0.2) is 0 Å². The largest absolute Gasteiger partial charge is 0.398 e. The van der Waals surface area contributed by atoms with E-state index in [0.29, 0.717) is 33.9 Å². The Hall–Kier alpha value is -7.18. The number of benzene rings is 8. The van der Waals surface area contributed by atoms with Gasteiger partial charge < -0.3 is 22.1 Å². The van der Waals surface area contributed by atoms with E-state index >= 15 is 0 Å². The second kappa shape index (κ2) is 12.5. The predicted octanol–water partition coefficient (Wildman–Crippen LogP) is 10.0. The molecule has 53 heavy (non-hydrogen) atoms. The molecule has 0 saturated carbocycles. The van der Waals surface area contributed by atoms with Gasteiger partial charge in [0.05, 0.1) is 16.5 Å². The van der Waals surface area contributed by atoms with E-state index in [0.717, 1.165) is 54.9 Å². The summed E-state index contributed by atoms with van der Waals surface area (Å²) in [5.74, 6) is -0.526. The Kier molecular flexibility index (Phi) is 7.52. The SMILES string of the molecule is Nc1ccc2ccccc2c1C(=O)Nc1ccc(C2(c3ccc(NC(=O)c4c(N)ccc5ccccc45)cc3)c3ccccc3-c3ccccc32)cc1. The normalized spacial score (nSPS) is 12.6. The van der Waals surface area contributed by atoms with Crippen molar-refractivity contribution in [3.8, 4) is 11.1 Å². The Bertz CT molecular complexity index is 2550. The molecule has 8 aromatic rings. The fraction of sp³-hybridized carbons (Fsp3) is 0.0213. The summed E-state index contributed by atoms with van der Waals surface area (Å²) in [6.07, 6.45) is 0. The maximum Gasteiger partial charge on any atom is 0.258 e. The molecule has 6 nitrogen and oxygen atoms in total. The molecule has 0 fully saturated rings. The van der Waals surface area contributed by atoms with E-state index in [1.54, 1.807) is 12.1 Å². The molecule has 6 heteroatoms. The summed E-state index contributed by atoms with van der Waals surface area (Å²) >= 11 is 0. The molecule has 0 unspecified atom stereocenters. The Morgan fingerprint density at radius 2 is 0.792 bits per heavy atom. The molecule has 0 radical (unpaired) electrons. The number of fused-ring (bicyclic) bond motifs is 5. The Morgan fingerprint density at radius 1 is 0.415 bits per heavy atom. The van der Waals surface area contributed by atoms with Crippen LogP contribution in [-0.2, 0) is 5.41 Å². The van der Waals surface area contributed by atoms with Gasteiger partial charge in [-0.2, -0.15) is 0 Å². The van der Waals surface area contributed by atoms with Crippen molar-refractivity contribution in [2.45, 2.75) is 5.41 Å². The van der Waals surface area contributed by atoms with Crippen LogP contribution in [0.1, 0.15) is 43.0 Å². The monoisotopic (exact) mass is 686 g/mol. The summed E-state index contributed by atoms with van der Waals surface area (Å²) in [6, 6.07) is 56.0. The minimum Gasteiger partial charge on any atom is -0.398 e. The van der Waals surface area contributed by atoms with Crippen LogP contribution in [-0.4, -0.2) is 11.8 Å². The standard InChI is InChI=1S/C47H34N4O2/c48-41-27-17-29-9-1-3-11-35(29)43(41)45(52)50-33-23-19-31(20-24-33)47(39-15-7-5-13-37(39)38-14-6-8-16-40(38)47)32-21-25-34(26-22-32)51-46(53)44-36-12-4-2-10-30(36)18-28-42(44)49/h1-28H,48-49H2,(H,50,52)(H,51,53). The quantitative estimate of drug-likeness (QED) is 0.131. The molecule has 1 aliphatic carbocycles. The summed E-state index contributed by atoms with van der Waals surface area (Å²) in [6.45, 7) is 0. The fourth-order valence-electron chi connectivity index (χ4n) is 8.10. The van der Waals surface area contributed by atoms with Crippen molar-refractivity contribution in [1.29, 1.82) is 0 Å². The first-order valence-corrected chi connectivity index (χ1v) is 17.5. The van der Waals surface area contributed by atoms with Gasteiger partial charge in [-0.05, 0) is 91.3 Å². The van der Waals surface area contributed by atoms with E-state index in [9.17, 15) is 9.59 Å². The van der Waals surface area contributed by atoms with Crippen LogP contribution in [0.2, 0.25) is 0 Å². The number of rotatable bonds is 6. The van der Waals surface area contributed by atoms with Gasteiger partial charge >= 0.3 is 0 Å². The van der Waals surface area contributed by atoms with E-state index in [1.165, 1.54) is 0 Å². The number of amides is 2. The second-order valence-electron chi connectivity index (χ2n) is 13.4. The molecule has 254 valence electrons. The summed E-state index contributed by atoms with van der Waals surface area (Å²) in [4.78, 5) is 27.3. The maximum absolute atomic E-state index is 13.7. The van der Waals surface area contributed by atoms with Crippen molar-refractivity contribution in [2.24, 2.45) is 0 Å². The van der Waals surface area contributed by atoms with Crippen LogP contribution in [0, 0.1) is 0 Å². The summed E-state index contributed by atoms with van der Waals surface area (Å²) in [5, 5.41) is 9.68. The molecule has 0 saturated heterocycles. The molecule has 2 amide bonds. The van der Waals surface area contributed by atoms with Gasteiger partial charge in [0, 0.05) is 22.7 Å². The van der Waals surface area contributed by atoms with E-state index in [1.807, 2.05) is 84.9 Å². The number of carbonyl (C=O) groups is 2. The van der Waals surface area contributed by atoms with Crippen molar-refractivity contribution >= 4 is 56.1 Å². The number of carbonyl (C=O) groups excluding carboxylic acids is 2. The maximum atomic E-state index is 13.7. The lowest BCUT2D eigenvalue weighted by atomic mass is 9.67. The van der Waals surface area contributed by atoms with Gasteiger partial charge in [0.2, 0.25) is 0 Å². The minimum absolute atomic E-state index is 0.263. The topological polar surface area (TPSA) is 110 Å². The lowest BCUT2D eigenvalue weighted by molar-refractivity contribution is 0.102. The van der Waals surface area contributed by atoms with E-state index in [4.69, 9.17) is 11.5 Å². The van der Waals surface area contributed by atoms with Crippen molar-refractivity contribution in [2.75, 3.05) is 22.1 Å². The molecule has 0 aromatic heterocycles. The number of nitrogens with one attached hydrogen (secondary N) is 2. The molecule has 0 spiro atoms. The summed E-state index contributed by atoms with van der Waals surface area (Å²) < 4.78 is 0. The fourth-order valence-corrected chi connectivity index (χ4v) is 8.10. The van der Waals surface area contributed by atoms with Crippen molar-refractivity contribution in [3.63, 3.8) is 0 Å².